The molecule has 1 aliphatic rings. The van der Waals surface area contributed by atoms with Crippen LogP contribution in [0.1, 0.15) is 0 Å². The molecule has 0 bridgehead atoms. The molecule has 0 spiro atoms. The van der Waals surface area contributed by atoms with Gasteiger partial charge in [0, 0.05) is 0 Å². The summed E-state index contributed by atoms with van der Waals surface area (Å²) < 4.78 is 7.65. The number of benzene rings is 11. The molecule has 1 heterocycles. The lowest BCUT2D eigenvalue weighted by atomic mass is 9.34. The van der Waals surface area contributed by atoms with Gasteiger partial charge in [-0.2, -0.15) is 0 Å². The summed E-state index contributed by atoms with van der Waals surface area (Å²) in [6, 6.07) is 110. The van der Waals surface area contributed by atoms with Gasteiger partial charge in [0.25, 0.3) is 6.71 Å². The second kappa shape index (κ2) is 18.7. The molecule has 4 heteroatoms. The minimum atomic E-state index is -2.93. The number of hydrogen-bond donors (Lipinski definition) is 0. The Bertz CT molecular complexity index is 3110. The maximum atomic E-state index is 7.65. The first-order chi connectivity index (χ1) is 34.7. The molecule has 12 rings (SSSR count). The Kier molecular flexibility index (Phi) is 11.5. The molecule has 0 aliphatic carbocycles. The Hall–Kier alpha value is -8.28. The summed E-state index contributed by atoms with van der Waals surface area (Å²) in [6.07, 6.45) is 0. The second-order valence-corrected chi connectivity index (χ2v) is 25.9. The first-order valence-electron chi connectivity index (χ1n) is 24.3. The number of hydrogen-bond acceptors (Lipinski definition) is 1. The van der Waals surface area contributed by atoms with Crippen LogP contribution in [-0.2, 0) is 0 Å². The fourth-order valence-electron chi connectivity index (χ4n) is 11.5. The van der Waals surface area contributed by atoms with Crippen molar-refractivity contribution in [3.05, 3.63) is 297 Å². The third kappa shape index (κ3) is 7.32. The average molecular weight is 925 g/mol. The van der Waals surface area contributed by atoms with Crippen molar-refractivity contribution in [3.63, 3.8) is 0 Å². The Morgan fingerprint density at radius 3 is 0.800 bits per heavy atom. The Balaban J connectivity index is 1.18. The van der Waals surface area contributed by atoms with Crippen LogP contribution < -0.4 is 62.6 Å². The van der Waals surface area contributed by atoms with E-state index < -0.39 is 16.1 Å². The van der Waals surface area contributed by atoms with Gasteiger partial charge in [0.1, 0.15) is 11.5 Å². The van der Waals surface area contributed by atoms with Crippen molar-refractivity contribution in [1.29, 1.82) is 0 Å². The van der Waals surface area contributed by atoms with E-state index in [0.29, 0.717) is 0 Å². The van der Waals surface area contributed by atoms with Crippen LogP contribution in [0.4, 0.5) is 0 Å². The molecule has 0 N–H and O–H groups in total. The molecule has 11 aromatic rings. The highest BCUT2D eigenvalue weighted by atomic mass is 28.3. The van der Waals surface area contributed by atoms with E-state index in [1.807, 2.05) is 0 Å². The summed E-state index contributed by atoms with van der Waals surface area (Å²) in [5.74, 6) is 1.78. The van der Waals surface area contributed by atoms with E-state index in [-0.39, 0.29) is 6.71 Å². The van der Waals surface area contributed by atoms with Gasteiger partial charge in [-0.05, 0) is 86.8 Å². The molecule has 0 saturated carbocycles. The number of fused-ring (bicyclic) bond motifs is 2. The van der Waals surface area contributed by atoms with E-state index in [4.69, 9.17) is 4.74 Å². The van der Waals surface area contributed by atoms with Crippen molar-refractivity contribution in [2.45, 2.75) is 0 Å². The standard InChI is InChI=1S/C66H49BOSi2/c1-9-26-50(27-10-1)60-42-25-43-61(51-28-11-2-12-29-51)66(60)67-62-46-44-58(69(52-30-13-3-14-31-52,53-32-15-4-16-33-53)54-34-17-5-18-35-54)48-64(62)68-65-49-59(45-47-63(65)67)70(55-36-19-6-20-37-55,56-38-21-7-22-39-56)57-40-23-8-24-41-57/h1-49H. The van der Waals surface area contributed by atoms with Gasteiger partial charge in [-0.15, -0.1) is 0 Å². The molecule has 0 amide bonds. The molecule has 11 aromatic carbocycles. The smallest absolute Gasteiger partial charge is 0.252 e. The number of rotatable bonds is 11. The van der Waals surface area contributed by atoms with Crippen molar-refractivity contribution in [2.75, 3.05) is 0 Å². The van der Waals surface area contributed by atoms with E-state index in [2.05, 4.69) is 297 Å². The predicted octanol–water partition coefficient (Wildman–Crippen LogP) is 8.40. The SMILES string of the molecule is c1ccc(-c2cccc(-c3ccccc3)c2B2c3ccc([Si](c4ccccc4)(c4ccccc4)c4ccccc4)cc3Oc3cc([Si](c4ccccc4)(c4ccccc4)c4ccccc4)ccc32)cc1. The zero-order valence-corrected chi connectivity index (χ0v) is 40.8. The van der Waals surface area contributed by atoms with Crippen LogP contribution in [0.2, 0.25) is 0 Å². The van der Waals surface area contributed by atoms with Crippen LogP contribution in [0.5, 0.6) is 11.5 Å². The Labute approximate surface area is 414 Å². The van der Waals surface area contributed by atoms with Gasteiger partial charge in [0.05, 0.1) is 0 Å². The van der Waals surface area contributed by atoms with Gasteiger partial charge in [-0.1, -0.05) is 291 Å². The quantitative estimate of drug-likeness (QED) is 0.0937. The fourth-order valence-corrected chi connectivity index (χ4v) is 21.0. The lowest BCUT2D eigenvalue weighted by Gasteiger charge is -2.37. The summed E-state index contributed by atoms with van der Waals surface area (Å²) in [4.78, 5) is 0. The monoisotopic (exact) mass is 924 g/mol. The minimum absolute atomic E-state index is 0.170. The maximum Gasteiger partial charge on any atom is 0.252 e. The number of ether oxygens (including phenoxy) is 1. The summed E-state index contributed by atoms with van der Waals surface area (Å²) >= 11 is 0. The van der Waals surface area contributed by atoms with Crippen LogP contribution >= 0.6 is 0 Å². The summed E-state index contributed by atoms with van der Waals surface area (Å²) in [6.45, 7) is -0.170. The highest BCUT2D eigenvalue weighted by molar-refractivity contribution is 7.20. The van der Waals surface area contributed by atoms with Crippen LogP contribution in [0.25, 0.3) is 22.3 Å². The first kappa shape index (κ1) is 43.0. The minimum Gasteiger partial charge on any atom is -0.458 e. The van der Waals surface area contributed by atoms with Gasteiger partial charge >= 0.3 is 0 Å². The molecule has 330 valence electrons. The average Bonchev–Trinajstić information content (AvgIpc) is 3.45. The topological polar surface area (TPSA) is 9.23 Å². The maximum absolute atomic E-state index is 7.65. The lowest BCUT2D eigenvalue weighted by Crippen LogP contribution is -2.75. The largest absolute Gasteiger partial charge is 0.458 e. The lowest BCUT2D eigenvalue weighted by molar-refractivity contribution is 0.488. The second-order valence-electron chi connectivity index (χ2n) is 18.2. The van der Waals surface area contributed by atoms with Crippen molar-refractivity contribution in [2.24, 2.45) is 0 Å². The predicted molar refractivity (Wildman–Crippen MR) is 302 cm³/mol. The zero-order chi connectivity index (χ0) is 46.7. The molecule has 0 fully saturated rings. The normalized spacial score (nSPS) is 12.1. The molecule has 1 nitrogen and oxygen atoms in total. The van der Waals surface area contributed by atoms with E-state index in [1.165, 1.54) is 69.2 Å². The molecule has 0 radical (unpaired) electrons. The van der Waals surface area contributed by atoms with E-state index in [9.17, 15) is 0 Å². The highest BCUT2D eigenvalue weighted by Gasteiger charge is 2.46. The van der Waals surface area contributed by atoms with Crippen molar-refractivity contribution in [1.82, 2.24) is 0 Å². The van der Waals surface area contributed by atoms with Gasteiger partial charge in [0.2, 0.25) is 0 Å². The van der Waals surface area contributed by atoms with Gasteiger partial charge < -0.3 is 4.74 Å². The molecule has 70 heavy (non-hydrogen) atoms. The Morgan fingerprint density at radius 2 is 0.514 bits per heavy atom. The molecular formula is C66H49BOSi2. The van der Waals surface area contributed by atoms with Crippen LogP contribution in [0, 0.1) is 0 Å². The molecule has 0 atom stereocenters. The van der Waals surface area contributed by atoms with Gasteiger partial charge in [-0.25, -0.2) is 0 Å². The third-order valence-corrected chi connectivity index (χ3v) is 24.1. The van der Waals surface area contributed by atoms with Gasteiger partial charge in [0.15, 0.2) is 16.1 Å². The van der Waals surface area contributed by atoms with E-state index in [0.717, 1.165) is 22.4 Å². The van der Waals surface area contributed by atoms with Gasteiger partial charge in [-0.3, -0.25) is 0 Å². The molecule has 0 aromatic heterocycles. The van der Waals surface area contributed by atoms with Crippen LogP contribution in [0.15, 0.2) is 297 Å². The zero-order valence-electron chi connectivity index (χ0n) is 38.8. The fraction of sp³-hybridized carbons (Fsp3) is 0. The molecule has 1 aliphatic heterocycles. The third-order valence-electron chi connectivity index (χ3n) is 14.5. The van der Waals surface area contributed by atoms with Crippen LogP contribution in [-0.4, -0.2) is 22.9 Å². The highest BCUT2D eigenvalue weighted by Crippen LogP contribution is 2.31. The van der Waals surface area contributed by atoms with Crippen molar-refractivity contribution in [3.8, 4) is 33.8 Å². The summed E-state index contributed by atoms with van der Waals surface area (Å²) in [5, 5.41) is 10.5. The first-order valence-corrected chi connectivity index (χ1v) is 28.3. The van der Waals surface area contributed by atoms with E-state index >= 15 is 0 Å². The van der Waals surface area contributed by atoms with Crippen molar-refractivity contribution >= 4 is 80.7 Å². The molecular weight excluding hydrogens is 876 g/mol. The summed E-state index contributed by atoms with van der Waals surface area (Å²) in [7, 11) is -5.85. The molecule has 0 unspecified atom stereocenters. The van der Waals surface area contributed by atoms with Crippen molar-refractivity contribution < 1.29 is 4.74 Å². The van der Waals surface area contributed by atoms with E-state index in [1.54, 1.807) is 0 Å². The van der Waals surface area contributed by atoms with Crippen LogP contribution in [0.3, 0.4) is 0 Å². The Morgan fingerprint density at radius 1 is 0.243 bits per heavy atom. The molecule has 0 saturated heterocycles. The summed E-state index contributed by atoms with van der Waals surface area (Å²) in [5.41, 5.74) is 8.36.